The van der Waals surface area contributed by atoms with Gasteiger partial charge < -0.3 is 4.90 Å². The highest BCUT2D eigenvalue weighted by molar-refractivity contribution is 5.91. The maximum absolute atomic E-state index is 13.4. The second kappa shape index (κ2) is 7.46. The molecule has 5 rings (SSSR count). The minimum atomic E-state index is -4.58. The zero-order valence-corrected chi connectivity index (χ0v) is 17.1. The summed E-state index contributed by atoms with van der Waals surface area (Å²) in [4.78, 5) is 14.5. The molecule has 1 aliphatic carbocycles. The summed E-state index contributed by atoms with van der Waals surface area (Å²) < 4.78 is 80.5. The van der Waals surface area contributed by atoms with E-state index < -0.39 is 29.4 Å². The molecule has 3 heterocycles. The molecular formula is C22H18F6N4O. The summed E-state index contributed by atoms with van der Waals surface area (Å²) in [7, 11) is 0. The van der Waals surface area contributed by atoms with Crippen LogP contribution in [-0.4, -0.2) is 38.5 Å². The van der Waals surface area contributed by atoms with Gasteiger partial charge in [0.1, 0.15) is 0 Å². The molecule has 1 aromatic carbocycles. The first-order chi connectivity index (χ1) is 15.5. The summed E-state index contributed by atoms with van der Waals surface area (Å²) in [5.74, 6) is -0.966. The first kappa shape index (κ1) is 21.7. The number of halogens is 6. The van der Waals surface area contributed by atoms with Crippen LogP contribution in [0.25, 0.3) is 5.65 Å². The van der Waals surface area contributed by atoms with Crippen LogP contribution >= 0.6 is 0 Å². The van der Waals surface area contributed by atoms with E-state index in [2.05, 4.69) is 10.2 Å². The molecule has 2 aliphatic rings. The van der Waals surface area contributed by atoms with E-state index in [9.17, 15) is 31.1 Å². The van der Waals surface area contributed by atoms with Crippen molar-refractivity contribution in [1.29, 1.82) is 0 Å². The van der Waals surface area contributed by atoms with Crippen LogP contribution < -0.4 is 0 Å². The van der Waals surface area contributed by atoms with Gasteiger partial charge in [0.2, 0.25) is 5.82 Å². The Kier molecular flexibility index (Phi) is 4.91. The third kappa shape index (κ3) is 3.83. The van der Waals surface area contributed by atoms with Crippen molar-refractivity contribution in [3.63, 3.8) is 0 Å². The molecule has 2 unspecified atom stereocenters. The molecule has 33 heavy (non-hydrogen) atoms. The Balaban J connectivity index is 1.34. The van der Waals surface area contributed by atoms with Crippen molar-refractivity contribution in [2.24, 2.45) is 11.8 Å². The molecule has 1 aliphatic heterocycles. The predicted molar refractivity (Wildman–Crippen MR) is 104 cm³/mol. The Morgan fingerprint density at radius 2 is 1.55 bits per heavy atom. The highest BCUT2D eigenvalue weighted by Gasteiger charge is 2.45. The Morgan fingerprint density at radius 1 is 0.879 bits per heavy atom. The van der Waals surface area contributed by atoms with Gasteiger partial charge in [-0.2, -0.15) is 26.3 Å². The maximum atomic E-state index is 13.4. The van der Waals surface area contributed by atoms with Gasteiger partial charge in [-0.1, -0.05) is 18.2 Å². The van der Waals surface area contributed by atoms with Gasteiger partial charge in [-0.25, -0.2) is 0 Å². The number of rotatable bonds is 2. The normalized spacial score (nSPS) is 23.3. The number of hydrogen-bond donors (Lipinski definition) is 0. The number of aromatic nitrogens is 3. The van der Waals surface area contributed by atoms with Gasteiger partial charge in [0.05, 0.1) is 11.1 Å². The average molecular weight is 468 g/mol. The van der Waals surface area contributed by atoms with E-state index in [1.165, 1.54) is 17.0 Å². The van der Waals surface area contributed by atoms with E-state index >= 15 is 0 Å². The number of fused-ring (bicyclic) bond motifs is 2. The Hall–Kier alpha value is -3.11. The minimum Gasteiger partial charge on any atom is -0.335 e. The van der Waals surface area contributed by atoms with E-state index in [-0.39, 0.29) is 34.8 Å². The Morgan fingerprint density at radius 3 is 2.18 bits per heavy atom. The lowest BCUT2D eigenvalue weighted by Gasteiger charge is -2.21. The summed E-state index contributed by atoms with van der Waals surface area (Å²) in [6.07, 6.45) is -7.18. The highest BCUT2D eigenvalue weighted by Crippen LogP contribution is 2.49. The van der Waals surface area contributed by atoms with Gasteiger partial charge in [0.15, 0.2) is 5.65 Å². The summed E-state index contributed by atoms with van der Waals surface area (Å²) in [6, 6.07) is 7.59. The lowest BCUT2D eigenvalue weighted by Crippen LogP contribution is -2.31. The first-order valence-corrected chi connectivity index (χ1v) is 10.4. The number of carbonyl (C=O) groups excluding carboxylic acids is 1. The lowest BCUT2D eigenvalue weighted by atomic mass is 9.91. The van der Waals surface area contributed by atoms with E-state index in [0.29, 0.717) is 25.9 Å². The zero-order chi connectivity index (χ0) is 23.5. The van der Waals surface area contributed by atoms with Gasteiger partial charge in [0, 0.05) is 19.3 Å². The molecule has 5 nitrogen and oxygen atoms in total. The molecule has 174 valence electrons. The Bertz CT molecular complexity index is 1200. The van der Waals surface area contributed by atoms with Gasteiger partial charge >= 0.3 is 12.4 Å². The molecule has 0 N–H and O–H groups in total. The topological polar surface area (TPSA) is 50.5 Å². The van der Waals surface area contributed by atoms with E-state index in [4.69, 9.17) is 0 Å². The number of likely N-dealkylation sites (tertiary alicyclic amines) is 1. The molecule has 1 saturated carbocycles. The van der Waals surface area contributed by atoms with Crippen LogP contribution in [0.4, 0.5) is 26.3 Å². The summed E-state index contributed by atoms with van der Waals surface area (Å²) in [5.41, 5.74) is -1.15. The van der Waals surface area contributed by atoms with E-state index in [1.807, 2.05) is 0 Å². The van der Waals surface area contributed by atoms with Crippen LogP contribution in [0.5, 0.6) is 0 Å². The number of benzene rings is 1. The molecule has 0 bridgehead atoms. The van der Waals surface area contributed by atoms with Crippen molar-refractivity contribution < 1.29 is 31.1 Å². The van der Waals surface area contributed by atoms with Crippen LogP contribution in [0.1, 0.15) is 46.1 Å². The molecule has 3 aromatic rings. The summed E-state index contributed by atoms with van der Waals surface area (Å²) in [5, 5.41) is 7.57. The minimum absolute atomic E-state index is 0.0187. The molecule has 2 aromatic heterocycles. The molecule has 2 fully saturated rings. The lowest BCUT2D eigenvalue weighted by molar-refractivity contribution is -0.139. The van der Waals surface area contributed by atoms with Gasteiger partial charge in [0.25, 0.3) is 5.91 Å². The van der Waals surface area contributed by atoms with Crippen LogP contribution in [0, 0.1) is 11.8 Å². The molecule has 2 atom stereocenters. The third-order valence-electron chi connectivity index (χ3n) is 6.67. The smallest absolute Gasteiger partial charge is 0.335 e. The van der Waals surface area contributed by atoms with Crippen molar-refractivity contribution in [3.8, 4) is 0 Å². The van der Waals surface area contributed by atoms with Crippen molar-refractivity contribution in [2.45, 2.75) is 31.1 Å². The number of hydrogen-bond acceptors (Lipinski definition) is 3. The predicted octanol–water partition coefficient (Wildman–Crippen LogP) is 5.03. The van der Waals surface area contributed by atoms with Crippen LogP contribution in [0.3, 0.4) is 0 Å². The second-order valence-corrected chi connectivity index (χ2v) is 8.65. The van der Waals surface area contributed by atoms with Gasteiger partial charge in [-0.15, -0.1) is 10.2 Å². The highest BCUT2D eigenvalue weighted by atomic mass is 19.4. The van der Waals surface area contributed by atoms with Gasteiger partial charge in [-0.3, -0.25) is 9.20 Å². The number of alkyl halides is 6. The number of carbonyl (C=O) groups is 1. The summed E-state index contributed by atoms with van der Waals surface area (Å²) >= 11 is 0. The van der Waals surface area contributed by atoms with Crippen molar-refractivity contribution >= 4 is 11.6 Å². The molecule has 0 radical (unpaired) electrons. The van der Waals surface area contributed by atoms with Crippen molar-refractivity contribution in [1.82, 2.24) is 19.5 Å². The quantitative estimate of drug-likeness (QED) is 0.496. The van der Waals surface area contributed by atoms with Crippen LogP contribution in [0.15, 0.2) is 42.6 Å². The van der Waals surface area contributed by atoms with Crippen LogP contribution in [0.2, 0.25) is 0 Å². The van der Waals surface area contributed by atoms with Crippen molar-refractivity contribution in [2.75, 3.05) is 13.1 Å². The van der Waals surface area contributed by atoms with Gasteiger partial charge in [-0.05, 0) is 54.4 Å². The third-order valence-corrected chi connectivity index (χ3v) is 6.67. The maximum Gasteiger partial charge on any atom is 0.417 e. The molecule has 0 spiro atoms. The van der Waals surface area contributed by atoms with Crippen LogP contribution in [-0.2, 0) is 12.4 Å². The van der Waals surface area contributed by atoms with E-state index in [1.54, 1.807) is 6.07 Å². The first-order valence-electron chi connectivity index (χ1n) is 10.4. The standard InChI is InChI=1S/C22H18F6N4O/c23-21(24,25)15-5-6-18-29-30-19(32(18)11-15)20(33)31-9-13-7-12(8-14(13)10-31)16-3-1-2-4-17(16)22(26,27)28/h1-6,11-14H,7-10H2. The largest absolute Gasteiger partial charge is 0.417 e. The fourth-order valence-corrected chi connectivity index (χ4v) is 5.18. The Labute approximate surface area is 184 Å². The SMILES string of the molecule is O=C(c1nnc2ccc(C(F)(F)F)cn12)N1CC2CC(c3ccccc3C(F)(F)F)CC2C1. The number of amides is 1. The van der Waals surface area contributed by atoms with E-state index in [0.717, 1.165) is 28.8 Å². The fraction of sp³-hybridized carbons (Fsp3) is 0.409. The number of pyridine rings is 1. The molecule has 11 heteroatoms. The zero-order valence-electron chi connectivity index (χ0n) is 17.1. The fourth-order valence-electron chi connectivity index (χ4n) is 5.18. The monoisotopic (exact) mass is 468 g/mol. The second-order valence-electron chi connectivity index (χ2n) is 8.65. The molecular weight excluding hydrogens is 450 g/mol. The van der Waals surface area contributed by atoms with Crippen molar-refractivity contribution in [3.05, 3.63) is 65.1 Å². The molecule has 1 saturated heterocycles. The summed E-state index contributed by atoms with van der Waals surface area (Å²) in [6.45, 7) is 0.643. The average Bonchev–Trinajstić information content (AvgIpc) is 3.44. The molecule has 1 amide bonds. The number of nitrogens with zero attached hydrogens (tertiary/aromatic N) is 4.